The van der Waals surface area contributed by atoms with Crippen molar-refractivity contribution in [3.63, 3.8) is 0 Å². The van der Waals surface area contributed by atoms with Crippen LogP contribution in [-0.2, 0) is 22.7 Å². The van der Waals surface area contributed by atoms with Crippen LogP contribution in [0.3, 0.4) is 0 Å². The highest BCUT2D eigenvalue weighted by Crippen LogP contribution is 2.16. The van der Waals surface area contributed by atoms with Gasteiger partial charge in [0.05, 0.1) is 44.3 Å². The quantitative estimate of drug-likeness (QED) is 0.661. The highest BCUT2D eigenvalue weighted by Gasteiger charge is 2.11. The van der Waals surface area contributed by atoms with Gasteiger partial charge in [-0.25, -0.2) is 0 Å². The van der Waals surface area contributed by atoms with Crippen LogP contribution < -0.4 is 9.47 Å². The number of ether oxygens (including phenoxy) is 4. The Morgan fingerprint density at radius 3 is 1.89 bits per heavy atom. The van der Waals surface area contributed by atoms with Gasteiger partial charge < -0.3 is 18.9 Å². The molecule has 156 valence electrons. The Morgan fingerprint density at radius 2 is 1.32 bits per heavy atom. The summed E-state index contributed by atoms with van der Waals surface area (Å²) in [4.78, 5) is 4.19. The van der Waals surface area contributed by atoms with Crippen molar-refractivity contribution >= 4 is 0 Å². The monoisotopic (exact) mass is 389 g/mol. The van der Waals surface area contributed by atoms with Gasteiger partial charge in [0.1, 0.15) is 11.5 Å². The maximum absolute atomic E-state index is 5.66. The van der Waals surface area contributed by atoms with Gasteiger partial charge in [-0.3, -0.25) is 4.98 Å². The molecule has 0 amide bonds. The van der Waals surface area contributed by atoms with Gasteiger partial charge in [-0.1, -0.05) is 12.1 Å². The molecule has 2 aromatic rings. The van der Waals surface area contributed by atoms with E-state index in [1.165, 1.54) is 0 Å². The molecule has 0 radical (unpaired) electrons. The summed E-state index contributed by atoms with van der Waals surface area (Å²) in [5, 5.41) is 0. The third kappa shape index (κ3) is 10.9. The SMILES string of the molecule is COc1cccc(COC(C)(C)C)c1.COc1ccnc(COC(C)(C)C)c1. The molecule has 0 aliphatic heterocycles. The van der Waals surface area contributed by atoms with Crippen LogP contribution in [0.15, 0.2) is 42.6 Å². The van der Waals surface area contributed by atoms with Gasteiger partial charge in [0.2, 0.25) is 0 Å². The second-order valence-corrected chi connectivity index (χ2v) is 8.34. The van der Waals surface area contributed by atoms with Crippen molar-refractivity contribution in [2.75, 3.05) is 14.2 Å². The molecular weight excluding hydrogens is 354 g/mol. The van der Waals surface area contributed by atoms with Gasteiger partial charge in [-0.2, -0.15) is 0 Å². The normalized spacial score (nSPS) is 11.4. The number of aromatic nitrogens is 1. The number of hydrogen-bond acceptors (Lipinski definition) is 5. The van der Waals surface area contributed by atoms with Crippen LogP contribution in [0.1, 0.15) is 52.8 Å². The van der Waals surface area contributed by atoms with E-state index in [0.717, 1.165) is 22.8 Å². The smallest absolute Gasteiger partial charge is 0.122 e. The van der Waals surface area contributed by atoms with E-state index in [-0.39, 0.29) is 11.2 Å². The van der Waals surface area contributed by atoms with Gasteiger partial charge >= 0.3 is 0 Å². The van der Waals surface area contributed by atoms with E-state index >= 15 is 0 Å². The zero-order chi connectivity index (χ0) is 21.2. The number of hydrogen-bond donors (Lipinski definition) is 0. The second kappa shape index (κ2) is 11.0. The molecule has 0 unspecified atom stereocenters. The molecule has 5 heteroatoms. The summed E-state index contributed by atoms with van der Waals surface area (Å²) in [6.45, 7) is 13.3. The molecule has 28 heavy (non-hydrogen) atoms. The molecular formula is C23H35NO4. The van der Waals surface area contributed by atoms with Gasteiger partial charge in [-0.05, 0) is 65.3 Å². The van der Waals surface area contributed by atoms with Gasteiger partial charge in [0, 0.05) is 12.3 Å². The lowest BCUT2D eigenvalue weighted by molar-refractivity contribution is -0.0166. The molecule has 5 nitrogen and oxygen atoms in total. The molecule has 0 spiro atoms. The number of rotatable bonds is 6. The summed E-state index contributed by atoms with van der Waals surface area (Å²) in [7, 11) is 3.31. The first-order valence-electron chi connectivity index (χ1n) is 9.42. The lowest BCUT2D eigenvalue weighted by Gasteiger charge is -2.19. The van der Waals surface area contributed by atoms with E-state index in [9.17, 15) is 0 Å². The van der Waals surface area contributed by atoms with Crippen molar-refractivity contribution in [1.29, 1.82) is 0 Å². The van der Waals surface area contributed by atoms with E-state index in [1.54, 1.807) is 20.4 Å². The van der Waals surface area contributed by atoms with Crippen molar-refractivity contribution in [2.24, 2.45) is 0 Å². The molecule has 1 aromatic carbocycles. The second-order valence-electron chi connectivity index (χ2n) is 8.34. The summed E-state index contributed by atoms with van der Waals surface area (Å²) in [6, 6.07) is 11.6. The Labute approximate surface area is 170 Å². The predicted molar refractivity (Wildman–Crippen MR) is 113 cm³/mol. The number of methoxy groups -OCH3 is 2. The zero-order valence-electron chi connectivity index (χ0n) is 18.5. The Balaban J connectivity index is 0.000000280. The largest absolute Gasteiger partial charge is 0.497 e. The average Bonchev–Trinajstić information content (AvgIpc) is 2.64. The highest BCUT2D eigenvalue weighted by atomic mass is 16.5. The van der Waals surface area contributed by atoms with Crippen LogP contribution in [-0.4, -0.2) is 30.4 Å². The predicted octanol–water partition coefficient (Wildman–Crippen LogP) is 5.42. The number of benzene rings is 1. The van der Waals surface area contributed by atoms with Crippen molar-refractivity contribution in [1.82, 2.24) is 4.98 Å². The lowest BCUT2D eigenvalue weighted by Crippen LogP contribution is -2.19. The van der Waals surface area contributed by atoms with E-state index in [1.807, 2.05) is 77.9 Å². The molecule has 2 rings (SSSR count). The van der Waals surface area contributed by atoms with Crippen LogP contribution in [0.4, 0.5) is 0 Å². The maximum atomic E-state index is 5.66. The molecule has 0 aliphatic carbocycles. The first-order chi connectivity index (χ1) is 13.0. The van der Waals surface area contributed by atoms with Crippen molar-refractivity contribution in [3.8, 4) is 11.5 Å². The van der Waals surface area contributed by atoms with E-state index in [0.29, 0.717) is 13.2 Å². The van der Waals surface area contributed by atoms with Crippen LogP contribution in [0.2, 0.25) is 0 Å². The fourth-order valence-electron chi connectivity index (χ4n) is 2.01. The first-order valence-corrected chi connectivity index (χ1v) is 9.42. The van der Waals surface area contributed by atoms with Gasteiger partial charge in [-0.15, -0.1) is 0 Å². The third-order valence-corrected chi connectivity index (χ3v) is 3.48. The maximum Gasteiger partial charge on any atom is 0.122 e. The van der Waals surface area contributed by atoms with Gasteiger partial charge in [0.15, 0.2) is 0 Å². The fraction of sp³-hybridized carbons (Fsp3) is 0.522. The summed E-state index contributed by atoms with van der Waals surface area (Å²) in [6.07, 6.45) is 1.72. The van der Waals surface area contributed by atoms with Crippen LogP contribution in [0.25, 0.3) is 0 Å². The standard InChI is InChI=1S/C12H18O2.C11H17NO2/c1-12(2,3)14-9-10-6-5-7-11(8-10)13-4;1-11(2,3)14-8-9-7-10(13-4)5-6-12-9/h5-8H,9H2,1-4H3;5-7H,8H2,1-4H3. The molecule has 1 heterocycles. The van der Waals surface area contributed by atoms with E-state index in [2.05, 4.69) is 4.98 Å². The number of pyridine rings is 1. The Bertz CT molecular complexity index is 641. The Morgan fingerprint density at radius 1 is 0.750 bits per heavy atom. The molecule has 1 aromatic heterocycles. The summed E-state index contributed by atoms with van der Waals surface area (Å²) in [5.74, 6) is 1.69. The molecule has 0 aliphatic rings. The molecule has 0 bridgehead atoms. The van der Waals surface area contributed by atoms with Crippen molar-refractivity contribution in [2.45, 2.75) is 66.0 Å². The Kier molecular flexibility index (Phi) is 9.42. The minimum absolute atomic E-state index is 0.0942. The van der Waals surface area contributed by atoms with Crippen molar-refractivity contribution in [3.05, 3.63) is 53.9 Å². The fourth-order valence-corrected chi connectivity index (χ4v) is 2.01. The van der Waals surface area contributed by atoms with Gasteiger partial charge in [0.25, 0.3) is 0 Å². The summed E-state index contributed by atoms with van der Waals surface area (Å²) in [5.41, 5.74) is 1.80. The van der Waals surface area contributed by atoms with Crippen LogP contribution in [0, 0.1) is 0 Å². The lowest BCUT2D eigenvalue weighted by atomic mass is 10.2. The third-order valence-electron chi connectivity index (χ3n) is 3.48. The van der Waals surface area contributed by atoms with E-state index < -0.39 is 0 Å². The molecule has 0 fully saturated rings. The number of nitrogens with zero attached hydrogens (tertiary/aromatic N) is 1. The first kappa shape index (κ1) is 23.9. The topological polar surface area (TPSA) is 49.8 Å². The minimum atomic E-state index is -0.134. The minimum Gasteiger partial charge on any atom is -0.497 e. The van der Waals surface area contributed by atoms with E-state index in [4.69, 9.17) is 18.9 Å². The zero-order valence-corrected chi connectivity index (χ0v) is 18.5. The van der Waals surface area contributed by atoms with Crippen molar-refractivity contribution < 1.29 is 18.9 Å². The highest BCUT2D eigenvalue weighted by molar-refractivity contribution is 5.27. The van der Waals surface area contributed by atoms with Crippen LogP contribution in [0.5, 0.6) is 11.5 Å². The molecule has 0 N–H and O–H groups in total. The molecule has 0 saturated heterocycles. The van der Waals surface area contributed by atoms with Crippen LogP contribution >= 0.6 is 0 Å². The summed E-state index contributed by atoms with van der Waals surface area (Å²) < 4.78 is 21.5. The average molecular weight is 390 g/mol. The molecule has 0 atom stereocenters. The molecule has 0 saturated carbocycles. The summed E-state index contributed by atoms with van der Waals surface area (Å²) >= 11 is 0. The Hall–Kier alpha value is -2.11.